The molecule has 0 saturated heterocycles. The number of benzene rings is 2. The molecule has 1 N–H and O–H groups in total. The predicted molar refractivity (Wildman–Crippen MR) is 85.5 cm³/mol. The largest absolute Gasteiger partial charge is 0.419 e. The van der Waals surface area contributed by atoms with Crippen molar-refractivity contribution < 1.29 is 18.0 Å². The van der Waals surface area contributed by atoms with Gasteiger partial charge in [-0.25, -0.2) is 13.6 Å². The summed E-state index contributed by atoms with van der Waals surface area (Å²) in [5, 5.41) is 2.53. The Morgan fingerprint density at radius 3 is 2.62 bits per heavy atom. The topological polar surface area (TPSA) is 64.2 Å². The van der Waals surface area contributed by atoms with Crippen molar-refractivity contribution >= 4 is 28.8 Å². The van der Waals surface area contributed by atoms with Gasteiger partial charge in [0.15, 0.2) is 5.58 Å². The van der Waals surface area contributed by atoms with E-state index in [9.17, 15) is 18.4 Å². The molecule has 7 heteroatoms. The average Bonchev–Trinajstić information content (AvgIpc) is 2.81. The number of fused-ring (bicyclic) bond motifs is 1. The molecular weight excluding hydrogens is 318 g/mol. The molecule has 24 heavy (non-hydrogen) atoms. The lowest BCUT2D eigenvalue weighted by Crippen LogP contribution is -2.08. The maximum Gasteiger partial charge on any atom is 0.419 e. The molecule has 2 aromatic carbocycles. The van der Waals surface area contributed by atoms with Crippen LogP contribution in [0.1, 0.15) is 5.56 Å². The number of hydrogen-bond acceptors (Lipinski definition) is 3. The molecule has 0 spiro atoms. The van der Waals surface area contributed by atoms with Crippen molar-refractivity contribution in [2.75, 3.05) is 5.32 Å². The molecule has 3 aromatic rings. The Labute approximate surface area is 134 Å². The first-order valence-corrected chi connectivity index (χ1v) is 6.98. The molecule has 0 bridgehead atoms. The molecule has 1 amide bonds. The summed E-state index contributed by atoms with van der Waals surface area (Å²) in [7, 11) is 1.57. The smallest absolute Gasteiger partial charge is 0.408 e. The van der Waals surface area contributed by atoms with E-state index in [1.54, 1.807) is 19.2 Å². The van der Waals surface area contributed by atoms with Gasteiger partial charge in [0.25, 0.3) is 0 Å². The minimum absolute atomic E-state index is 0.294. The molecule has 1 aromatic heterocycles. The Hall–Kier alpha value is -3.22. The number of carbonyl (C=O) groups is 1. The van der Waals surface area contributed by atoms with Crippen molar-refractivity contribution in [3.63, 3.8) is 0 Å². The van der Waals surface area contributed by atoms with E-state index >= 15 is 0 Å². The van der Waals surface area contributed by atoms with E-state index in [1.807, 2.05) is 0 Å². The summed E-state index contributed by atoms with van der Waals surface area (Å²) >= 11 is 0. The number of amides is 1. The van der Waals surface area contributed by atoms with Crippen molar-refractivity contribution in [1.82, 2.24) is 4.57 Å². The second kappa shape index (κ2) is 6.11. The van der Waals surface area contributed by atoms with Crippen molar-refractivity contribution in [2.24, 2.45) is 7.05 Å². The molecule has 5 nitrogen and oxygen atoms in total. The number of aryl methyl sites for hydroxylation is 1. The number of aromatic nitrogens is 1. The van der Waals surface area contributed by atoms with E-state index in [4.69, 9.17) is 4.42 Å². The molecule has 0 atom stereocenters. The second-order valence-corrected chi connectivity index (χ2v) is 5.07. The molecule has 0 aliphatic heterocycles. The average molecular weight is 330 g/mol. The molecule has 1 heterocycles. The zero-order chi connectivity index (χ0) is 17.3. The monoisotopic (exact) mass is 330 g/mol. The van der Waals surface area contributed by atoms with Crippen LogP contribution < -0.4 is 11.1 Å². The highest BCUT2D eigenvalue weighted by atomic mass is 19.1. The number of rotatable bonds is 3. The summed E-state index contributed by atoms with van der Waals surface area (Å²) in [5.41, 5.74) is 1.00. The van der Waals surface area contributed by atoms with Crippen LogP contribution in [0.3, 0.4) is 0 Å². The number of anilines is 1. The summed E-state index contributed by atoms with van der Waals surface area (Å²) in [6.45, 7) is 0. The summed E-state index contributed by atoms with van der Waals surface area (Å²) in [6.07, 6.45) is 2.08. The molecule has 0 aliphatic rings. The van der Waals surface area contributed by atoms with Gasteiger partial charge in [-0.1, -0.05) is 6.07 Å². The quantitative estimate of drug-likeness (QED) is 0.751. The van der Waals surface area contributed by atoms with Gasteiger partial charge in [0.1, 0.15) is 11.6 Å². The fraction of sp³-hybridized carbons (Fsp3) is 0.0588. The number of hydrogen-bond donors (Lipinski definition) is 1. The number of nitrogens with zero attached hydrogens (tertiary/aromatic N) is 1. The molecule has 3 rings (SSSR count). The van der Waals surface area contributed by atoms with Gasteiger partial charge in [0.05, 0.1) is 5.52 Å². The first-order valence-electron chi connectivity index (χ1n) is 6.98. The van der Waals surface area contributed by atoms with E-state index in [1.165, 1.54) is 16.7 Å². The van der Waals surface area contributed by atoms with Crippen LogP contribution in [0.2, 0.25) is 0 Å². The lowest BCUT2D eigenvalue weighted by Gasteiger charge is -2.02. The van der Waals surface area contributed by atoms with Gasteiger partial charge in [0, 0.05) is 30.4 Å². The highest BCUT2D eigenvalue weighted by molar-refractivity contribution is 6.02. The van der Waals surface area contributed by atoms with Crippen LogP contribution in [0.15, 0.2) is 51.7 Å². The summed E-state index contributed by atoms with van der Waals surface area (Å²) < 4.78 is 33.3. The zero-order valence-corrected chi connectivity index (χ0v) is 12.5. The number of halogens is 2. The summed E-state index contributed by atoms with van der Waals surface area (Å²) in [6, 6.07) is 8.15. The number of nitrogens with one attached hydrogen (secondary N) is 1. The maximum atomic E-state index is 13.5. The third kappa shape index (κ3) is 2.96. The highest BCUT2D eigenvalue weighted by Crippen LogP contribution is 2.18. The minimum Gasteiger partial charge on any atom is -0.408 e. The Morgan fingerprint density at radius 2 is 1.92 bits per heavy atom. The molecule has 122 valence electrons. The lowest BCUT2D eigenvalue weighted by molar-refractivity contribution is -0.111. The standard InChI is InChI=1S/C17H12F2N2O3/c1-21-14-7-5-10(9-15(14)24-17(21)23)20-16(22)8-6-11-12(18)3-2-4-13(11)19/h2-9H,1H3,(H,20,22)/b8-6+. The molecule has 0 saturated carbocycles. The Balaban J connectivity index is 1.80. The van der Waals surface area contributed by atoms with Crippen LogP contribution in [0.25, 0.3) is 17.2 Å². The van der Waals surface area contributed by atoms with Crippen molar-refractivity contribution in [3.8, 4) is 0 Å². The van der Waals surface area contributed by atoms with E-state index < -0.39 is 23.3 Å². The lowest BCUT2D eigenvalue weighted by atomic mass is 10.2. The van der Waals surface area contributed by atoms with Crippen LogP contribution >= 0.6 is 0 Å². The van der Waals surface area contributed by atoms with Gasteiger partial charge in [-0.05, 0) is 30.3 Å². The molecule has 0 fully saturated rings. The predicted octanol–water partition coefficient (Wildman–Crippen LogP) is 3.06. The third-order valence-corrected chi connectivity index (χ3v) is 3.46. The van der Waals surface area contributed by atoms with Crippen molar-refractivity contribution in [2.45, 2.75) is 0 Å². The molecule has 0 aliphatic carbocycles. The Kier molecular flexibility index (Phi) is 3.99. The minimum atomic E-state index is -0.758. The van der Waals surface area contributed by atoms with Crippen LogP contribution in [-0.4, -0.2) is 10.5 Å². The summed E-state index contributed by atoms with van der Waals surface area (Å²) in [5.74, 6) is -2.60. The number of carbonyl (C=O) groups excluding carboxylic acids is 1. The van der Waals surface area contributed by atoms with Gasteiger partial charge < -0.3 is 9.73 Å². The van der Waals surface area contributed by atoms with E-state index in [0.29, 0.717) is 16.8 Å². The fourth-order valence-electron chi connectivity index (χ4n) is 2.22. The van der Waals surface area contributed by atoms with Crippen LogP contribution in [0.4, 0.5) is 14.5 Å². The molecule has 0 unspecified atom stereocenters. The zero-order valence-electron chi connectivity index (χ0n) is 12.5. The third-order valence-electron chi connectivity index (χ3n) is 3.46. The van der Waals surface area contributed by atoms with Gasteiger partial charge in [-0.2, -0.15) is 0 Å². The van der Waals surface area contributed by atoms with Crippen LogP contribution in [-0.2, 0) is 11.8 Å². The van der Waals surface area contributed by atoms with Gasteiger partial charge in [-0.15, -0.1) is 0 Å². The Bertz CT molecular complexity index is 998. The van der Waals surface area contributed by atoms with Crippen molar-refractivity contribution in [1.29, 1.82) is 0 Å². The second-order valence-electron chi connectivity index (χ2n) is 5.07. The van der Waals surface area contributed by atoms with Crippen LogP contribution in [0, 0.1) is 11.6 Å². The van der Waals surface area contributed by atoms with E-state index in [-0.39, 0.29) is 5.56 Å². The van der Waals surface area contributed by atoms with Crippen LogP contribution in [0.5, 0.6) is 0 Å². The SMILES string of the molecule is Cn1c(=O)oc2cc(NC(=O)/C=C/c3c(F)cccc3F)ccc21. The summed E-state index contributed by atoms with van der Waals surface area (Å²) in [4.78, 5) is 23.3. The van der Waals surface area contributed by atoms with Crippen molar-refractivity contribution in [3.05, 3.63) is 70.2 Å². The van der Waals surface area contributed by atoms with Gasteiger partial charge in [0.2, 0.25) is 5.91 Å². The number of oxazole rings is 1. The highest BCUT2D eigenvalue weighted by Gasteiger charge is 2.08. The van der Waals surface area contributed by atoms with E-state index in [0.717, 1.165) is 24.3 Å². The first kappa shape index (κ1) is 15.7. The molecule has 0 radical (unpaired) electrons. The fourth-order valence-corrected chi connectivity index (χ4v) is 2.22. The maximum absolute atomic E-state index is 13.5. The van der Waals surface area contributed by atoms with Gasteiger partial charge in [-0.3, -0.25) is 9.36 Å². The Morgan fingerprint density at radius 1 is 1.21 bits per heavy atom. The molecular formula is C17H12F2N2O3. The first-order chi connectivity index (χ1) is 11.5. The van der Waals surface area contributed by atoms with E-state index in [2.05, 4.69) is 5.32 Å². The normalized spacial score (nSPS) is 11.3. The van der Waals surface area contributed by atoms with Gasteiger partial charge >= 0.3 is 5.76 Å².